The number of hydrogen-bond acceptors (Lipinski definition) is 2. The van der Waals surface area contributed by atoms with Gasteiger partial charge in [-0.25, -0.2) is 9.89 Å². The van der Waals surface area contributed by atoms with Crippen molar-refractivity contribution in [1.82, 2.24) is 14.8 Å². The number of H-pyrrole nitrogens is 1. The van der Waals surface area contributed by atoms with Crippen molar-refractivity contribution in [3.63, 3.8) is 0 Å². The maximum Gasteiger partial charge on any atom is 0.343 e. The van der Waals surface area contributed by atoms with Gasteiger partial charge < -0.3 is 0 Å². The van der Waals surface area contributed by atoms with Gasteiger partial charge in [0.15, 0.2) is 5.82 Å². The van der Waals surface area contributed by atoms with Crippen LogP contribution in [0.2, 0.25) is 0 Å². The number of aromatic nitrogens is 3. The van der Waals surface area contributed by atoms with Crippen LogP contribution in [0.5, 0.6) is 0 Å². The van der Waals surface area contributed by atoms with Crippen LogP contribution in [0.15, 0.2) is 10.9 Å². The van der Waals surface area contributed by atoms with Gasteiger partial charge in [-0.1, -0.05) is 6.08 Å². The van der Waals surface area contributed by atoms with Gasteiger partial charge in [0.2, 0.25) is 0 Å². The van der Waals surface area contributed by atoms with Gasteiger partial charge in [-0.3, -0.25) is 4.57 Å². The molecular weight excluding hydrogens is 130 g/mol. The lowest BCUT2D eigenvalue weighted by atomic mass is 10.5. The maximum atomic E-state index is 10.7. The molecule has 0 bridgehead atoms. The van der Waals surface area contributed by atoms with Crippen LogP contribution < -0.4 is 5.69 Å². The van der Waals surface area contributed by atoms with E-state index in [1.54, 1.807) is 13.1 Å². The lowest BCUT2D eigenvalue weighted by Gasteiger charge is -1.87. The molecule has 1 N–H and O–H groups in total. The summed E-state index contributed by atoms with van der Waals surface area (Å²) in [4.78, 5) is 10.7. The highest BCUT2D eigenvalue weighted by Crippen LogP contribution is 1.89. The molecule has 1 aromatic rings. The maximum absolute atomic E-state index is 10.7. The van der Waals surface area contributed by atoms with E-state index < -0.39 is 0 Å². The molecule has 1 rings (SSSR count). The van der Waals surface area contributed by atoms with Crippen molar-refractivity contribution < 1.29 is 0 Å². The van der Waals surface area contributed by atoms with E-state index in [9.17, 15) is 4.79 Å². The fourth-order valence-corrected chi connectivity index (χ4v) is 0.657. The molecule has 1 aromatic heterocycles. The Labute approximate surface area is 58.2 Å². The Bertz CT molecular complexity index is 294. The summed E-state index contributed by atoms with van der Waals surface area (Å²) in [5, 5.41) is 6.07. The molecular formula is C6H9N3O. The van der Waals surface area contributed by atoms with E-state index in [4.69, 9.17) is 0 Å². The first-order valence-electron chi connectivity index (χ1n) is 3.00. The largest absolute Gasteiger partial charge is 0.343 e. The zero-order chi connectivity index (χ0) is 7.56. The van der Waals surface area contributed by atoms with Crippen molar-refractivity contribution in [3.05, 3.63) is 22.4 Å². The van der Waals surface area contributed by atoms with E-state index >= 15 is 0 Å². The van der Waals surface area contributed by atoms with Crippen LogP contribution in [-0.4, -0.2) is 14.8 Å². The number of allylic oxidation sites excluding steroid dienone is 1. The summed E-state index contributed by atoms with van der Waals surface area (Å²) < 4.78 is 1.44. The smallest absolute Gasteiger partial charge is 0.279 e. The highest BCUT2D eigenvalue weighted by atomic mass is 16.1. The standard InChI is InChI=1S/C6H9N3O/c1-3-4-5-7-8-6(10)9(5)2/h3-4H,1-2H3,(H,8,10)/b4-3-. The Morgan fingerprint density at radius 3 is 2.80 bits per heavy atom. The minimum absolute atomic E-state index is 0.187. The zero-order valence-corrected chi connectivity index (χ0v) is 5.96. The summed E-state index contributed by atoms with van der Waals surface area (Å²) >= 11 is 0. The molecule has 0 aliphatic heterocycles. The van der Waals surface area contributed by atoms with Gasteiger partial charge in [0.1, 0.15) is 0 Å². The van der Waals surface area contributed by atoms with E-state index in [2.05, 4.69) is 10.2 Å². The van der Waals surface area contributed by atoms with Crippen molar-refractivity contribution in [2.45, 2.75) is 6.92 Å². The molecule has 4 nitrogen and oxygen atoms in total. The van der Waals surface area contributed by atoms with Gasteiger partial charge >= 0.3 is 5.69 Å². The lowest BCUT2D eigenvalue weighted by Crippen LogP contribution is -2.13. The lowest BCUT2D eigenvalue weighted by molar-refractivity contribution is 0.852. The fraction of sp³-hybridized carbons (Fsp3) is 0.333. The molecule has 0 saturated heterocycles. The third-order valence-corrected chi connectivity index (χ3v) is 1.23. The van der Waals surface area contributed by atoms with Gasteiger partial charge in [0.25, 0.3) is 0 Å². The highest BCUT2D eigenvalue weighted by Gasteiger charge is 1.96. The molecule has 0 saturated carbocycles. The minimum Gasteiger partial charge on any atom is -0.279 e. The first kappa shape index (κ1) is 6.80. The normalized spacial score (nSPS) is 11.0. The summed E-state index contributed by atoms with van der Waals surface area (Å²) in [5.41, 5.74) is -0.187. The summed E-state index contributed by atoms with van der Waals surface area (Å²) in [6.45, 7) is 1.87. The second kappa shape index (κ2) is 2.51. The molecule has 0 spiro atoms. The Hall–Kier alpha value is -1.32. The summed E-state index contributed by atoms with van der Waals surface area (Å²) in [6.07, 6.45) is 3.59. The topological polar surface area (TPSA) is 50.7 Å². The predicted octanol–water partition coefficient (Wildman–Crippen LogP) is 0.141. The van der Waals surface area contributed by atoms with E-state index in [-0.39, 0.29) is 5.69 Å². The number of hydrogen-bond donors (Lipinski definition) is 1. The summed E-state index contributed by atoms with van der Waals surface area (Å²) in [7, 11) is 1.67. The second-order valence-corrected chi connectivity index (χ2v) is 1.95. The molecule has 4 heteroatoms. The average molecular weight is 139 g/mol. The fourth-order valence-electron chi connectivity index (χ4n) is 0.657. The van der Waals surface area contributed by atoms with Crippen LogP contribution >= 0.6 is 0 Å². The quantitative estimate of drug-likeness (QED) is 0.601. The molecule has 54 valence electrons. The molecule has 0 amide bonds. The van der Waals surface area contributed by atoms with Crippen molar-refractivity contribution in [1.29, 1.82) is 0 Å². The molecule has 10 heavy (non-hydrogen) atoms. The van der Waals surface area contributed by atoms with Crippen LogP contribution in [0.3, 0.4) is 0 Å². The predicted molar refractivity (Wildman–Crippen MR) is 38.5 cm³/mol. The van der Waals surface area contributed by atoms with Gasteiger partial charge in [-0.15, -0.1) is 0 Å². The molecule has 0 aliphatic carbocycles. The summed E-state index contributed by atoms with van der Waals surface area (Å²) in [6, 6.07) is 0. The molecule has 0 aliphatic rings. The average Bonchev–Trinajstić information content (AvgIpc) is 2.20. The molecule has 0 unspecified atom stereocenters. The molecule has 0 radical (unpaired) electrons. The van der Waals surface area contributed by atoms with Gasteiger partial charge in [-0.2, -0.15) is 5.10 Å². The van der Waals surface area contributed by atoms with Gasteiger partial charge in [0.05, 0.1) is 0 Å². The van der Waals surface area contributed by atoms with Gasteiger partial charge in [-0.05, 0) is 13.0 Å². The molecule has 0 aromatic carbocycles. The molecule has 0 fully saturated rings. The minimum atomic E-state index is -0.187. The number of rotatable bonds is 1. The van der Waals surface area contributed by atoms with E-state index in [1.165, 1.54) is 4.57 Å². The Morgan fingerprint density at radius 1 is 1.70 bits per heavy atom. The van der Waals surface area contributed by atoms with Crippen molar-refractivity contribution in [2.75, 3.05) is 0 Å². The van der Waals surface area contributed by atoms with Crippen LogP contribution in [0.4, 0.5) is 0 Å². The van der Waals surface area contributed by atoms with Crippen molar-refractivity contribution in [2.24, 2.45) is 7.05 Å². The third-order valence-electron chi connectivity index (χ3n) is 1.23. The van der Waals surface area contributed by atoms with Crippen LogP contribution in [0.25, 0.3) is 6.08 Å². The van der Waals surface area contributed by atoms with Crippen molar-refractivity contribution in [3.8, 4) is 0 Å². The second-order valence-electron chi connectivity index (χ2n) is 1.95. The zero-order valence-electron chi connectivity index (χ0n) is 5.96. The third kappa shape index (κ3) is 1.00. The van der Waals surface area contributed by atoms with E-state index in [0.717, 1.165) is 0 Å². The van der Waals surface area contributed by atoms with Gasteiger partial charge in [0, 0.05) is 7.05 Å². The Morgan fingerprint density at radius 2 is 2.40 bits per heavy atom. The number of nitrogens with zero attached hydrogens (tertiary/aromatic N) is 2. The van der Waals surface area contributed by atoms with E-state index in [0.29, 0.717) is 5.82 Å². The first-order chi connectivity index (χ1) is 4.75. The number of aromatic amines is 1. The van der Waals surface area contributed by atoms with Crippen LogP contribution in [0.1, 0.15) is 12.7 Å². The Kier molecular flexibility index (Phi) is 1.71. The van der Waals surface area contributed by atoms with E-state index in [1.807, 2.05) is 13.0 Å². The van der Waals surface area contributed by atoms with Crippen molar-refractivity contribution >= 4 is 6.08 Å². The molecule has 1 heterocycles. The monoisotopic (exact) mass is 139 g/mol. The number of nitrogens with one attached hydrogen (secondary N) is 1. The SMILES string of the molecule is C/C=C\c1n[nH]c(=O)n1C. The van der Waals surface area contributed by atoms with Crippen LogP contribution in [0, 0.1) is 0 Å². The first-order valence-corrected chi connectivity index (χ1v) is 3.00. The Balaban J connectivity index is 3.17. The van der Waals surface area contributed by atoms with Crippen LogP contribution in [-0.2, 0) is 7.05 Å². The molecule has 0 atom stereocenters. The highest BCUT2D eigenvalue weighted by molar-refractivity contribution is 5.38. The summed E-state index contributed by atoms with van der Waals surface area (Å²) in [5.74, 6) is 0.646.